The number of aldehydes is 1. The van der Waals surface area contributed by atoms with Crippen molar-refractivity contribution in [2.24, 2.45) is 0 Å². The summed E-state index contributed by atoms with van der Waals surface area (Å²) in [4.78, 5) is 20.1. The molecule has 0 heterocycles. The summed E-state index contributed by atoms with van der Waals surface area (Å²) in [7, 11) is 0. The standard InChI is InChI=1S/C13H16O3/c14-12-10-8-6-4-2-1-3-5-7-9-11-13(15)16/h4,6,8,10,12H,2,5,7,9,11H2,(H,15,16)/b6-4+,10-8+. The average molecular weight is 220 g/mol. The van der Waals surface area contributed by atoms with Gasteiger partial charge in [0.25, 0.3) is 0 Å². The van der Waals surface area contributed by atoms with Crippen LogP contribution in [0.2, 0.25) is 0 Å². The Morgan fingerprint density at radius 3 is 2.62 bits per heavy atom. The summed E-state index contributed by atoms with van der Waals surface area (Å²) in [6, 6.07) is 0. The third kappa shape index (κ3) is 12.2. The maximum atomic E-state index is 10.2. The SMILES string of the molecule is O=C/C=C/C=C/CC#CCCCCC(=O)O. The molecule has 3 nitrogen and oxygen atoms in total. The molecule has 86 valence electrons. The molecule has 0 saturated heterocycles. The Labute approximate surface area is 95.9 Å². The van der Waals surface area contributed by atoms with Gasteiger partial charge in [0.1, 0.15) is 6.29 Å². The van der Waals surface area contributed by atoms with Gasteiger partial charge in [-0.05, 0) is 18.9 Å². The minimum absolute atomic E-state index is 0.220. The van der Waals surface area contributed by atoms with Crippen molar-refractivity contribution in [2.75, 3.05) is 0 Å². The van der Waals surface area contributed by atoms with E-state index >= 15 is 0 Å². The Balaban J connectivity index is 3.41. The summed E-state index contributed by atoms with van der Waals surface area (Å²) < 4.78 is 0. The first-order chi connectivity index (χ1) is 7.77. The highest BCUT2D eigenvalue weighted by Crippen LogP contribution is 1.98. The molecule has 0 aliphatic carbocycles. The Morgan fingerprint density at radius 1 is 1.12 bits per heavy atom. The number of allylic oxidation sites excluding steroid dienone is 4. The van der Waals surface area contributed by atoms with E-state index in [0.29, 0.717) is 12.8 Å². The van der Waals surface area contributed by atoms with E-state index in [1.807, 2.05) is 6.08 Å². The van der Waals surface area contributed by atoms with Crippen LogP contribution in [-0.4, -0.2) is 17.4 Å². The van der Waals surface area contributed by atoms with Gasteiger partial charge in [-0.2, -0.15) is 0 Å². The van der Waals surface area contributed by atoms with E-state index in [-0.39, 0.29) is 6.42 Å². The summed E-state index contributed by atoms with van der Waals surface area (Å²) in [5, 5.41) is 8.38. The van der Waals surface area contributed by atoms with Gasteiger partial charge in [0.2, 0.25) is 0 Å². The van der Waals surface area contributed by atoms with Crippen LogP contribution in [0.1, 0.15) is 32.1 Å². The van der Waals surface area contributed by atoms with Gasteiger partial charge in [0.05, 0.1) is 0 Å². The lowest BCUT2D eigenvalue weighted by Crippen LogP contribution is -1.92. The van der Waals surface area contributed by atoms with Crippen molar-refractivity contribution in [3.05, 3.63) is 24.3 Å². The molecule has 0 unspecified atom stereocenters. The summed E-state index contributed by atoms with van der Waals surface area (Å²) in [6.45, 7) is 0. The summed E-state index contributed by atoms with van der Waals surface area (Å²) >= 11 is 0. The van der Waals surface area contributed by atoms with E-state index in [4.69, 9.17) is 5.11 Å². The molecule has 1 N–H and O–H groups in total. The molecule has 0 aromatic heterocycles. The largest absolute Gasteiger partial charge is 0.481 e. The number of carboxylic acid groups (broad SMARTS) is 1. The zero-order valence-corrected chi connectivity index (χ0v) is 9.19. The number of unbranched alkanes of at least 4 members (excludes halogenated alkanes) is 2. The van der Waals surface area contributed by atoms with E-state index in [2.05, 4.69) is 11.8 Å². The van der Waals surface area contributed by atoms with Gasteiger partial charge in [-0.3, -0.25) is 9.59 Å². The first-order valence-corrected chi connectivity index (χ1v) is 5.22. The minimum Gasteiger partial charge on any atom is -0.481 e. The van der Waals surface area contributed by atoms with Crippen LogP contribution in [0.4, 0.5) is 0 Å². The predicted octanol–water partition coefficient (Wildman–Crippen LogP) is 2.34. The zero-order valence-electron chi connectivity index (χ0n) is 9.19. The molecule has 0 aliphatic rings. The number of hydrogen-bond donors (Lipinski definition) is 1. The van der Waals surface area contributed by atoms with Crippen molar-refractivity contribution >= 4 is 12.3 Å². The molecule has 0 radical (unpaired) electrons. The number of aliphatic carboxylic acids is 1. The average Bonchev–Trinajstić information content (AvgIpc) is 2.25. The topological polar surface area (TPSA) is 54.4 Å². The number of carbonyl (C=O) groups excluding carboxylic acids is 1. The van der Waals surface area contributed by atoms with E-state index in [1.165, 1.54) is 6.08 Å². The van der Waals surface area contributed by atoms with Crippen molar-refractivity contribution in [3.8, 4) is 11.8 Å². The minimum atomic E-state index is -0.752. The van der Waals surface area contributed by atoms with Crippen LogP contribution in [0, 0.1) is 11.8 Å². The molecule has 0 aliphatic heterocycles. The molecule has 0 saturated carbocycles. The maximum absolute atomic E-state index is 10.2. The van der Waals surface area contributed by atoms with Crippen LogP contribution < -0.4 is 0 Å². The Bertz CT molecular complexity index is 316. The summed E-state index contributed by atoms with van der Waals surface area (Å²) in [5.74, 6) is 5.15. The zero-order chi connectivity index (χ0) is 12.1. The molecule has 0 fully saturated rings. The van der Waals surface area contributed by atoms with Gasteiger partial charge in [0.15, 0.2) is 0 Å². The highest BCUT2D eigenvalue weighted by molar-refractivity contribution is 5.66. The third-order valence-electron chi connectivity index (χ3n) is 1.72. The smallest absolute Gasteiger partial charge is 0.303 e. The lowest BCUT2D eigenvalue weighted by molar-refractivity contribution is -0.137. The molecule has 0 atom stereocenters. The quantitative estimate of drug-likeness (QED) is 0.235. The molecule has 0 amide bonds. The van der Waals surface area contributed by atoms with Crippen molar-refractivity contribution in [3.63, 3.8) is 0 Å². The molecule has 0 aromatic rings. The van der Waals surface area contributed by atoms with Crippen molar-refractivity contribution in [1.82, 2.24) is 0 Å². The highest BCUT2D eigenvalue weighted by atomic mass is 16.4. The maximum Gasteiger partial charge on any atom is 0.303 e. The first-order valence-electron chi connectivity index (χ1n) is 5.22. The van der Waals surface area contributed by atoms with Crippen LogP contribution >= 0.6 is 0 Å². The van der Waals surface area contributed by atoms with Crippen molar-refractivity contribution in [1.29, 1.82) is 0 Å². The molecule has 16 heavy (non-hydrogen) atoms. The number of rotatable bonds is 7. The van der Waals surface area contributed by atoms with Crippen LogP contribution in [0.5, 0.6) is 0 Å². The van der Waals surface area contributed by atoms with Crippen LogP contribution in [0.25, 0.3) is 0 Å². The monoisotopic (exact) mass is 220 g/mol. The van der Waals surface area contributed by atoms with Crippen LogP contribution in [-0.2, 0) is 9.59 Å². The highest BCUT2D eigenvalue weighted by Gasteiger charge is 1.93. The molecule has 0 rings (SSSR count). The van der Waals surface area contributed by atoms with Crippen molar-refractivity contribution < 1.29 is 14.7 Å². The van der Waals surface area contributed by atoms with Crippen LogP contribution in [0.15, 0.2) is 24.3 Å². The van der Waals surface area contributed by atoms with Gasteiger partial charge < -0.3 is 5.11 Å². The van der Waals surface area contributed by atoms with Gasteiger partial charge in [-0.25, -0.2) is 0 Å². The Kier molecular flexibility index (Phi) is 9.98. The number of hydrogen-bond acceptors (Lipinski definition) is 2. The molecular formula is C13H16O3. The molecule has 0 spiro atoms. The normalized spacial score (nSPS) is 10.2. The van der Waals surface area contributed by atoms with Gasteiger partial charge in [-0.15, -0.1) is 5.92 Å². The predicted molar refractivity (Wildman–Crippen MR) is 62.8 cm³/mol. The van der Waals surface area contributed by atoms with E-state index in [1.54, 1.807) is 12.2 Å². The summed E-state index contributed by atoms with van der Waals surface area (Å²) in [5.41, 5.74) is 0. The Hall–Kier alpha value is -1.82. The second-order valence-corrected chi connectivity index (χ2v) is 3.11. The first kappa shape index (κ1) is 14.2. The number of carboxylic acids is 1. The summed E-state index contributed by atoms with van der Waals surface area (Å²) in [6.07, 6.45) is 10.6. The Morgan fingerprint density at radius 2 is 1.94 bits per heavy atom. The molecule has 3 heteroatoms. The molecular weight excluding hydrogens is 204 g/mol. The van der Waals surface area contributed by atoms with E-state index < -0.39 is 5.97 Å². The lowest BCUT2D eigenvalue weighted by atomic mass is 10.2. The molecule has 0 aromatic carbocycles. The van der Waals surface area contributed by atoms with Gasteiger partial charge in [-0.1, -0.05) is 24.1 Å². The van der Waals surface area contributed by atoms with Gasteiger partial charge >= 0.3 is 5.97 Å². The number of carbonyl (C=O) groups is 2. The van der Waals surface area contributed by atoms with Crippen LogP contribution in [0.3, 0.4) is 0 Å². The third-order valence-corrected chi connectivity index (χ3v) is 1.72. The fourth-order valence-corrected chi connectivity index (χ4v) is 0.965. The van der Waals surface area contributed by atoms with E-state index in [0.717, 1.165) is 19.1 Å². The van der Waals surface area contributed by atoms with E-state index in [9.17, 15) is 9.59 Å². The fourth-order valence-electron chi connectivity index (χ4n) is 0.965. The second-order valence-electron chi connectivity index (χ2n) is 3.11. The fraction of sp³-hybridized carbons (Fsp3) is 0.385. The van der Waals surface area contributed by atoms with Gasteiger partial charge in [0, 0.05) is 19.3 Å². The van der Waals surface area contributed by atoms with Crippen molar-refractivity contribution in [2.45, 2.75) is 32.1 Å². The second kappa shape index (κ2) is 11.3. The molecule has 0 bridgehead atoms. The lowest BCUT2D eigenvalue weighted by Gasteiger charge is -1.90.